The van der Waals surface area contributed by atoms with Crippen molar-refractivity contribution in [3.05, 3.63) is 60.3 Å². The molecule has 0 saturated carbocycles. The summed E-state index contributed by atoms with van der Waals surface area (Å²) in [5, 5.41) is 5.88. The average molecular weight is 476 g/mol. The molecule has 3 aromatic rings. The average Bonchev–Trinajstić information content (AvgIpc) is 3.23. The van der Waals surface area contributed by atoms with E-state index in [-0.39, 0.29) is 18.8 Å². The molecule has 0 fully saturated rings. The normalized spacial score (nSPS) is 16.0. The van der Waals surface area contributed by atoms with Crippen LogP contribution in [-0.2, 0) is 19.2 Å². The molecular formula is C25H24N4O6. The van der Waals surface area contributed by atoms with Crippen molar-refractivity contribution in [2.24, 2.45) is 0 Å². The van der Waals surface area contributed by atoms with Crippen LogP contribution in [0.3, 0.4) is 0 Å². The molecule has 0 radical (unpaired) electrons. The molecule has 0 saturated heterocycles. The highest BCUT2D eigenvalue weighted by atomic mass is 16.5. The second-order valence-corrected chi connectivity index (χ2v) is 8.19. The number of para-hydroxylation sites is 3. The number of hydrogen-bond donors (Lipinski definition) is 3. The maximum Gasteiger partial charge on any atom is 0.254 e. The first-order valence-corrected chi connectivity index (χ1v) is 11.0. The first-order valence-electron chi connectivity index (χ1n) is 11.0. The van der Waals surface area contributed by atoms with Gasteiger partial charge in [-0.3, -0.25) is 24.1 Å². The number of Topliss-reactive ketones (excluding diaryl/α,β-unsaturated/α-hetero) is 1. The van der Waals surface area contributed by atoms with Crippen LogP contribution in [0.5, 0.6) is 5.75 Å². The second kappa shape index (κ2) is 10.2. The number of ether oxygens (including phenoxy) is 1. The van der Waals surface area contributed by atoms with Crippen molar-refractivity contribution in [3.63, 3.8) is 0 Å². The molecule has 180 valence electrons. The van der Waals surface area contributed by atoms with Crippen molar-refractivity contribution in [2.75, 3.05) is 18.1 Å². The van der Waals surface area contributed by atoms with Crippen LogP contribution in [0.15, 0.2) is 54.7 Å². The van der Waals surface area contributed by atoms with Crippen LogP contribution >= 0.6 is 0 Å². The predicted molar refractivity (Wildman–Crippen MR) is 127 cm³/mol. The fraction of sp³-hybridized carbons (Fsp3) is 0.240. The summed E-state index contributed by atoms with van der Waals surface area (Å²) in [6.07, 6.45) is 1.90. The molecule has 0 aliphatic carbocycles. The van der Waals surface area contributed by atoms with E-state index < -0.39 is 36.3 Å². The van der Waals surface area contributed by atoms with Crippen LogP contribution < -0.4 is 20.3 Å². The van der Waals surface area contributed by atoms with Crippen LogP contribution in [0, 0.1) is 0 Å². The van der Waals surface area contributed by atoms with Gasteiger partial charge in [0.25, 0.3) is 11.8 Å². The molecule has 3 N–H and O–H groups in total. The lowest BCUT2D eigenvalue weighted by atomic mass is 10.1. The summed E-state index contributed by atoms with van der Waals surface area (Å²) in [6, 6.07) is 11.9. The number of anilines is 1. The SMILES string of the molecule is CC(=O)C[C@@H](C=O)NC(=O)CN1C(=O)[C@@H](NC(=O)c2c[nH]c3ccccc23)COc2ccccc21. The summed E-state index contributed by atoms with van der Waals surface area (Å²) in [6.45, 7) is 0.750. The van der Waals surface area contributed by atoms with Crippen molar-refractivity contribution >= 4 is 46.4 Å². The highest BCUT2D eigenvalue weighted by Gasteiger charge is 2.34. The number of hydrogen-bond acceptors (Lipinski definition) is 6. The van der Waals surface area contributed by atoms with Gasteiger partial charge >= 0.3 is 0 Å². The summed E-state index contributed by atoms with van der Waals surface area (Å²) in [7, 11) is 0. The quantitative estimate of drug-likeness (QED) is 0.420. The number of carbonyl (C=O) groups is 5. The Balaban J connectivity index is 1.55. The lowest BCUT2D eigenvalue weighted by molar-refractivity contribution is -0.127. The van der Waals surface area contributed by atoms with Crippen LogP contribution in [-0.4, -0.2) is 60.0 Å². The smallest absolute Gasteiger partial charge is 0.254 e. The number of nitrogens with zero attached hydrogens (tertiary/aromatic N) is 1. The number of benzene rings is 2. The highest BCUT2D eigenvalue weighted by molar-refractivity contribution is 6.10. The molecule has 1 aromatic heterocycles. The first-order chi connectivity index (χ1) is 16.9. The molecule has 0 spiro atoms. The standard InChI is InChI=1S/C25H24N4O6/c1-15(31)10-16(13-30)27-23(32)12-29-21-8-4-5-9-22(21)35-14-20(25(29)34)28-24(33)18-11-26-19-7-3-2-6-17(18)19/h2-9,11,13,16,20,26H,10,12,14H2,1H3,(H,27,32)(H,28,33)/t16-,20-/m0/s1. The molecule has 1 aliphatic heterocycles. The van der Waals surface area contributed by atoms with Crippen molar-refractivity contribution in [3.8, 4) is 5.75 Å². The molecule has 2 heterocycles. The van der Waals surface area contributed by atoms with Gasteiger partial charge in [0.15, 0.2) is 0 Å². The Morgan fingerprint density at radius 2 is 1.91 bits per heavy atom. The van der Waals surface area contributed by atoms with Gasteiger partial charge in [-0.25, -0.2) is 0 Å². The van der Waals surface area contributed by atoms with Gasteiger partial charge in [0.2, 0.25) is 5.91 Å². The minimum absolute atomic E-state index is 0.136. The van der Waals surface area contributed by atoms with Gasteiger partial charge in [-0.1, -0.05) is 30.3 Å². The van der Waals surface area contributed by atoms with E-state index >= 15 is 0 Å². The lowest BCUT2D eigenvalue weighted by Gasteiger charge is -2.25. The fourth-order valence-corrected chi connectivity index (χ4v) is 3.95. The molecule has 35 heavy (non-hydrogen) atoms. The molecular weight excluding hydrogens is 452 g/mol. The number of carbonyl (C=O) groups excluding carboxylic acids is 5. The molecule has 0 bridgehead atoms. The van der Waals surface area contributed by atoms with Gasteiger partial charge < -0.3 is 25.1 Å². The van der Waals surface area contributed by atoms with E-state index in [2.05, 4.69) is 15.6 Å². The molecule has 4 rings (SSSR count). The van der Waals surface area contributed by atoms with E-state index in [0.717, 1.165) is 5.52 Å². The Bertz CT molecular complexity index is 1300. The number of nitrogens with one attached hydrogen (secondary N) is 3. The summed E-state index contributed by atoms with van der Waals surface area (Å²) in [5.74, 6) is -1.54. The van der Waals surface area contributed by atoms with Crippen molar-refractivity contribution in [2.45, 2.75) is 25.4 Å². The number of aromatic amines is 1. The highest BCUT2D eigenvalue weighted by Crippen LogP contribution is 2.31. The summed E-state index contributed by atoms with van der Waals surface area (Å²) in [5.41, 5.74) is 1.50. The zero-order valence-electron chi connectivity index (χ0n) is 18.9. The molecule has 10 nitrogen and oxygen atoms in total. The third-order valence-corrected chi connectivity index (χ3v) is 5.58. The van der Waals surface area contributed by atoms with Crippen LogP contribution in [0.4, 0.5) is 5.69 Å². The van der Waals surface area contributed by atoms with Gasteiger partial charge in [-0.05, 0) is 25.1 Å². The van der Waals surface area contributed by atoms with Crippen LogP contribution in [0.2, 0.25) is 0 Å². The van der Waals surface area contributed by atoms with Gasteiger partial charge in [0.1, 0.15) is 37.0 Å². The summed E-state index contributed by atoms with van der Waals surface area (Å²) >= 11 is 0. The zero-order valence-corrected chi connectivity index (χ0v) is 18.9. The van der Waals surface area contributed by atoms with E-state index in [1.54, 1.807) is 36.5 Å². The molecule has 10 heteroatoms. The minimum atomic E-state index is -1.07. The maximum atomic E-state index is 13.5. The van der Waals surface area contributed by atoms with E-state index in [9.17, 15) is 24.0 Å². The summed E-state index contributed by atoms with van der Waals surface area (Å²) in [4.78, 5) is 66.0. The zero-order chi connectivity index (χ0) is 24.9. The van der Waals surface area contributed by atoms with E-state index in [1.807, 2.05) is 18.2 Å². The van der Waals surface area contributed by atoms with Crippen LogP contribution in [0.1, 0.15) is 23.7 Å². The molecule has 2 atom stereocenters. The topological polar surface area (TPSA) is 138 Å². The van der Waals surface area contributed by atoms with Gasteiger partial charge in [-0.2, -0.15) is 0 Å². The Labute approximate surface area is 200 Å². The first kappa shape index (κ1) is 23.7. The maximum absolute atomic E-state index is 13.5. The number of H-pyrrole nitrogens is 1. The number of amides is 3. The third kappa shape index (κ3) is 5.21. The number of rotatable bonds is 8. The number of aromatic nitrogens is 1. The molecule has 0 unspecified atom stereocenters. The van der Waals surface area contributed by atoms with E-state index in [0.29, 0.717) is 28.7 Å². The van der Waals surface area contributed by atoms with Gasteiger partial charge in [0, 0.05) is 23.5 Å². The third-order valence-electron chi connectivity index (χ3n) is 5.58. The number of fused-ring (bicyclic) bond motifs is 2. The predicted octanol–water partition coefficient (Wildman–Crippen LogP) is 1.35. The van der Waals surface area contributed by atoms with Gasteiger partial charge in [-0.15, -0.1) is 0 Å². The van der Waals surface area contributed by atoms with E-state index in [1.165, 1.54) is 11.8 Å². The largest absolute Gasteiger partial charge is 0.489 e. The molecule has 2 aromatic carbocycles. The van der Waals surface area contributed by atoms with Crippen molar-refractivity contribution in [1.29, 1.82) is 0 Å². The molecule has 1 aliphatic rings. The second-order valence-electron chi connectivity index (χ2n) is 8.19. The Morgan fingerprint density at radius 3 is 2.69 bits per heavy atom. The van der Waals surface area contributed by atoms with Crippen LogP contribution in [0.25, 0.3) is 10.9 Å². The Morgan fingerprint density at radius 1 is 1.17 bits per heavy atom. The number of ketones is 1. The number of aldehydes is 1. The fourth-order valence-electron chi connectivity index (χ4n) is 3.95. The monoisotopic (exact) mass is 476 g/mol. The van der Waals surface area contributed by atoms with Gasteiger partial charge in [0.05, 0.1) is 17.3 Å². The Kier molecular flexibility index (Phi) is 6.91. The minimum Gasteiger partial charge on any atom is -0.489 e. The van der Waals surface area contributed by atoms with E-state index in [4.69, 9.17) is 4.74 Å². The summed E-state index contributed by atoms with van der Waals surface area (Å²) < 4.78 is 5.79. The molecule has 3 amide bonds. The lowest BCUT2D eigenvalue weighted by Crippen LogP contribution is -2.53. The Hall–Kier alpha value is -4.47. The van der Waals surface area contributed by atoms with Crippen molar-refractivity contribution in [1.82, 2.24) is 15.6 Å². The van der Waals surface area contributed by atoms with Crippen molar-refractivity contribution < 1.29 is 28.7 Å².